The van der Waals surface area contributed by atoms with Gasteiger partial charge in [-0.1, -0.05) is 13.0 Å². The van der Waals surface area contributed by atoms with E-state index in [1.165, 1.54) is 0 Å². The lowest BCUT2D eigenvalue weighted by Crippen LogP contribution is -2.37. The number of nitrogens with zero attached hydrogens (tertiary/aromatic N) is 6. The molecule has 5 rings (SSSR count). The van der Waals surface area contributed by atoms with E-state index in [4.69, 9.17) is 4.74 Å². The van der Waals surface area contributed by atoms with Crippen molar-refractivity contribution in [2.24, 2.45) is 11.0 Å². The summed E-state index contributed by atoms with van der Waals surface area (Å²) in [4.78, 5) is 14.5. The maximum absolute atomic E-state index is 14.2. The van der Waals surface area contributed by atoms with Gasteiger partial charge in [-0.05, 0) is 36.2 Å². The molecule has 0 bridgehead atoms. The van der Waals surface area contributed by atoms with E-state index in [2.05, 4.69) is 60.3 Å². The molecule has 0 amide bonds. The smallest absolute Gasteiger partial charge is 0.245 e. The lowest BCUT2D eigenvalue weighted by molar-refractivity contribution is 0.122. The Hall–Kier alpha value is -3.83. The average molecular weight is 478 g/mol. The number of benzene rings is 1. The van der Waals surface area contributed by atoms with Gasteiger partial charge in [-0.15, -0.1) is 0 Å². The fourth-order valence-corrected chi connectivity index (χ4v) is 3.94. The van der Waals surface area contributed by atoms with Crippen molar-refractivity contribution in [1.29, 1.82) is 0 Å². The summed E-state index contributed by atoms with van der Waals surface area (Å²) in [6.45, 7) is 6.46. The van der Waals surface area contributed by atoms with Gasteiger partial charge in [0.25, 0.3) is 0 Å². The number of halogens is 1. The minimum Gasteiger partial charge on any atom is -0.378 e. The molecule has 2 aliphatic rings. The van der Waals surface area contributed by atoms with Gasteiger partial charge in [0.05, 0.1) is 48.9 Å². The highest BCUT2D eigenvalue weighted by Crippen LogP contribution is 2.24. The zero-order valence-corrected chi connectivity index (χ0v) is 19.5. The molecule has 4 heterocycles. The number of ether oxygens (including phenoxy) is 1. The van der Waals surface area contributed by atoms with Crippen LogP contribution in [0.5, 0.6) is 0 Å². The summed E-state index contributed by atoms with van der Waals surface area (Å²) in [6.07, 6.45) is 4.45. The molecule has 35 heavy (non-hydrogen) atoms. The minimum atomic E-state index is -0.469. The first-order valence-corrected chi connectivity index (χ1v) is 11.6. The summed E-state index contributed by atoms with van der Waals surface area (Å²) in [6, 6.07) is 12.0. The van der Waals surface area contributed by atoms with E-state index in [-0.39, 0.29) is 11.8 Å². The lowest BCUT2D eigenvalue weighted by Gasteiger charge is -2.27. The van der Waals surface area contributed by atoms with Gasteiger partial charge in [-0.2, -0.15) is 10.1 Å². The zero-order chi connectivity index (χ0) is 24.0. The second kappa shape index (κ2) is 10.6. The summed E-state index contributed by atoms with van der Waals surface area (Å²) in [5, 5.41) is 9.70. The predicted molar refractivity (Wildman–Crippen MR) is 135 cm³/mol. The van der Waals surface area contributed by atoms with Gasteiger partial charge in [0.15, 0.2) is 11.6 Å². The lowest BCUT2D eigenvalue weighted by atomic mass is 10.2. The molecule has 1 aromatic carbocycles. The Morgan fingerprint density at radius 3 is 2.80 bits per heavy atom. The molecule has 0 spiro atoms. The molecule has 0 aliphatic carbocycles. The van der Waals surface area contributed by atoms with Crippen LogP contribution in [0.1, 0.15) is 12.6 Å². The Kier molecular flexibility index (Phi) is 6.96. The number of hydrazone groups is 1. The van der Waals surface area contributed by atoms with Crippen LogP contribution in [0.4, 0.5) is 33.2 Å². The van der Waals surface area contributed by atoms with E-state index in [9.17, 15) is 4.39 Å². The van der Waals surface area contributed by atoms with E-state index in [0.29, 0.717) is 37.9 Å². The first-order valence-electron chi connectivity index (χ1n) is 11.6. The van der Waals surface area contributed by atoms with Gasteiger partial charge in [-0.3, -0.25) is 4.98 Å². The summed E-state index contributed by atoms with van der Waals surface area (Å²) in [5.74, 6) is 0.613. The quantitative estimate of drug-likeness (QED) is 0.350. The molecule has 182 valence electrons. The first kappa shape index (κ1) is 22.9. The highest BCUT2D eigenvalue weighted by Gasteiger charge is 2.19. The van der Waals surface area contributed by atoms with Gasteiger partial charge >= 0.3 is 0 Å². The molecule has 2 saturated heterocycles. The molecular weight excluding hydrogens is 449 g/mol. The van der Waals surface area contributed by atoms with Crippen molar-refractivity contribution >= 4 is 35.0 Å². The molecule has 10 nitrogen and oxygen atoms in total. The highest BCUT2D eigenvalue weighted by molar-refractivity contribution is 5.78. The van der Waals surface area contributed by atoms with Crippen LogP contribution in [-0.4, -0.2) is 60.6 Å². The molecule has 1 atom stereocenters. The molecule has 11 heteroatoms. The number of nitrogens with one attached hydrogen (secondary N) is 3. The Morgan fingerprint density at radius 2 is 2.03 bits per heavy atom. The zero-order valence-electron chi connectivity index (χ0n) is 19.5. The maximum atomic E-state index is 14.2. The first-order chi connectivity index (χ1) is 17.1. The van der Waals surface area contributed by atoms with Gasteiger partial charge in [0.2, 0.25) is 5.95 Å². The average Bonchev–Trinajstić information content (AvgIpc) is 3.33. The standard InChI is InChI=1S/C24H28FN9O/c1-17-12-29-34(16-17)21-4-2-3-18(11-21)30-20-6-5-19(26-13-20)14-28-32-24-27-15-22(25)23(31-24)33-7-9-35-10-8-33/h2-6,11,13-15,17,29-30H,7-10,12,16H2,1H3,(H,27,31,32)/b28-14+. The van der Waals surface area contributed by atoms with Gasteiger partial charge < -0.3 is 20.0 Å². The van der Waals surface area contributed by atoms with E-state index < -0.39 is 5.82 Å². The van der Waals surface area contributed by atoms with E-state index in [1.807, 2.05) is 29.2 Å². The van der Waals surface area contributed by atoms with Crippen molar-refractivity contribution in [2.45, 2.75) is 6.92 Å². The molecule has 0 radical (unpaired) electrons. The van der Waals surface area contributed by atoms with Crippen LogP contribution in [0.2, 0.25) is 0 Å². The van der Waals surface area contributed by atoms with Crippen molar-refractivity contribution in [3.05, 3.63) is 60.3 Å². The van der Waals surface area contributed by atoms with Gasteiger partial charge in [0, 0.05) is 31.9 Å². The van der Waals surface area contributed by atoms with E-state index >= 15 is 0 Å². The number of hydrogen-bond acceptors (Lipinski definition) is 10. The van der Waals surface area contributed by atoms with Crippen molar-refractivity contribution < 1.29 is 9.13 Å². The Bertz CT molecular complexity index is 1170. The van der Waals surface area contributed by atoms with Crippen LogP contribution in [0, 0.1) is 11.7 Å². The number of aromatic nitrogens is 3. The summed E-state index contributed by atoms with van der Waals surface area (Å²) < 4.78 is 19.5. The van der Waals surface area contributed by atoms with Crippen LogP contribution in [0.25, 0.3) is 0 Å². The number of pyridine rings is 1. The van der Waals surface area contributed by atoms with Crippen molar-refractivity contribution in [1.82, 2.24) is 20.4 Å². The van der Waals surface area contributed by atoms with Crippen LogP contribution >= 0.6 is 0 Å². The normalized spacial score (nSPS) is 18.3. The maximum Gasteiger partial charge on any atom is 0.245 e. The molecule has 2 fully saturated rings. The molecule has 1 unspecified atom stereocenters. The molecular formula is C24H28FN9O. The number of hydrogen-bond donors (Lipinski definition) is 3. The second-order valence-electron chi connectivity index (χ2n) is 8.56. The highest BCUT2D eigenvalue weighted by atomic mass is 19.1. The van der Waals surface area contributed by atoms with Crippen LogP contribution < -0.4 is 26.1 Å². The third-order valence-corrected chi connectivity index (χ3v) is 5.76. The molecule has 2 aromatic heterocycles. The fourth-order valence-electron chi connectivity index (χ4n) is 3.94. The summed E-state index contributed by atoms with van der Waals surface area (Å²) in [5.41, 5.74) is 9.79. The van der Waals surface area contributed by atoms with E-state index in [1.54, 1.807) is 12.4 Å². The largest absolute Gasteiger partial charge is 0.378 e. The third-order valence-electron chi connectivity index (χ3n) is 5.76. The SMILES string of the molecule is CC1CNN(c2cccc(Nc3ccc(/C=N/Nc4ncc(F)c(N5CCOCC5)n4)nc3)c2)C1. The number of hydrazine groups is 1. The fraction of sp³-hybridized carbons (Fsp3) is 0.333. The second-order valence-corrected chi connectivity index (χ2v) is 8.56. The van der Waals surface area contributed by atoms with Gasteiger partial charge in [0.1, 0.15) is 0 Å². The minimum absolute atomic E-state index is 0.212. The molecule has 2 aliphatic heterocycles. The van der Waals surface area contributed by atoms with Crippen LogP contribution in [-0.2, 0) is 4.74 Å². The van der Waals surface area contributed by atoms with Crippen molar-refractivity contribution in [3.63, 3.8) is 0 Å². The summed E-state index contributed by atoms with van der Waals surface area (Å²) in [7, 11) is 0. The predicted octanol–water partition coefficient (Wildman–Crippen LogP) is 3.00. The van der Waals surface area contributed by atoms with Crippen LogP contribution in [0.3, 0.4) is 0 Å². The molecule has 3 N–H and O–H groups in total. The van der Waals surface area contributed by atoms with Crippen LogP contribution in [0.15, 0.2) is 53.9 Å². The Balaban J connectivity index is 1.18. The van der Waals surface area contributed by atoms with Crippen molar-refractivity contribution in [3.8, 4) is 0 Å². The Labute approximate surface area is 203 Å². The Morgan fingerprint density at radius 1 is 1.14 bits per heavy atom. The monoisotopic (exact) mass is 477 g/mol. The number of rotatable bonds is 7. The van der Waals surface area contributed by atoms with Crippen molar-refractivity contribution in [2.75, 3.05) is 60.0 Å². The molecule has 0 saturated carbocycles. The van der Waals surface area contributed by atoms with E-state index in [0.717, 1.165) is 36.3 Å². The third kappa shape index (κ3) is 5.81. The topological polar surface area (TPSA) is 103 Å². The number of morpholine rings is 1. The molecule has 3 aromatic rings. The summed E-state index contributed by atoms with van der Waals surface area (Å²) >= 11 is 0. The number of anilines is 5. The van der Waals surface area contributed by atoms with Gasteiger partial charge in [-0.25, -0.2) is 20.2 Å².